The summed E-state index contributed by atoms with van der Waals surface area (Å²) in [5.74, 6) is -1.24. The third-order valence-electron chi connectivity index (χ3n) is 8.18. The van der Waals surface area contributed by atoms with E-state index in [4.69, 9.17) is 25.9 Å². The highest BCUT2D eigenvalue weighted by Gasteiger charge is 2.54. The van der Waals surface area contributed by atoms with Gasteiger partial charge in [-0.05, 0) is 62.6 Å². The van der Waals surface area contributed by atoms with Crippen molar-refractivity contribution in [3.8, 4) is 17.2 Å². The zero-order valence-electron chi connectivity index (χ0n) is 27.6. The molecule has 0 aromatic heterocycles. The molecule has 2 N–H and O–H groups in total. The van der Waals surface area contributed by atoms with E-state index in [-0.39, 0.29) is 17.7 Å². The first-order valence-corrected chi connectivity index (χ1v) is 17.3. The van der Waals surface area contributed by atoms with Gasteiger partial charge in [0, 0.05) is 45.9 Å². The van der Waals surface area contributed by atoms with Crippen LogP contribution >= 0.6 is 11.6 Å². The van der Waals surface area contributed by atoms with Crippen LogP contribution in [0.25, 0.3) is 0 Å². The summed E-state index contributed by atoms with van der Waals surface area (Å²) in [5.41, 5.74) is 0.202. The number of methoxy groups -OCH3 is 2. The minimum absolute atomic E-state index is 0.251. The Kier molecular flexibility index (Phi) is 9.91. The summed E-state index contributed by atoms with van der Waals surface area (Å²) in [6, 6.07) is 12.4. The zero-order valence-corrected chi connectivity index (χ0v) is 29.1. The summed E-state index contributed by atoms with van der Waals surface area (Å²) in [6.45, 7) is 2.92. The molecule has 5 rings (SSSR count). The van der Waals surface area contributed by atoms with Crippen LogP contribution < -0.4 is 29.1 Å². The number of fused-ring (bicyclic) bond motifs is 2. The predicted molar refractivity (Wildman–Crippen MR) is 179 cm³/mol. The molecule has 1 saturated carbocycles. The molecular weight excluding hydrogens is 705 g/mol. The van der Waals surface area contributed by atoms with Crippen LogP contribution in [0, 0.1) is 0 Å². The zero-order chi connectivity index (χ0) is 36.6. The van der Waals surface area contributed by atoms with Gasteiger partial charge < -0.3 is 29.3 Å². The Bertz CT molecular complexity index is 1950. The van der Waals surface area contributed by atoms with Crippen LogP contribution in [0.4, 0.5) is 24.5 Å². The minimum atomic E-state index is -4.92. The first-order chi connectivity index (χ1) is 23.3. The lowest BCUT2D eigenvalue weighted by molar-refractivity contribution is -0.274. The monoisotopic (exact) mass is 738 g/mol. The normalized spacial score (nSPS) is 15.7. The maximum Gasteiger partial charge on any atom is 0.573 e. The Balaban J connectivity index is 1.50. The maximum atomic E-state index is 14.6. The highest BCUT2D eigenvalue weighted by atomic mass is 35.5. The molecule has 2 amide bonds. The topological polar surface area (TPSA) is 145 Å². The molecule has 268 valence electrons. The van der Waals surface area contributed by atoms with E-state index < -0.39 is 45.6 Å². The number of amides is 2. The second-order valence-electron chi connectivity index (χ2n) is 12.4. The van der Waals surface area contributed by atoms with Crippen LogP contribution in [0.2, 0.25) is 5.02 Å². The number of halogens is 4. The molecule has 1 aliphatic carbocycles. The number of nitrogens with one attached hydrogen (secondary N) is 2. The van der Waals surface area contributed by atoms with Crippen molar-refractivity contribution in [1.82, 2.24) is 4.72 Å². The summed E-state index contributed by atoms with van der Waals surface area (Å²) < 4.78 is 79.5. The summed E-state index contributed by atoms with van der Waals surface area (Å²) >= 11 is 6.24. The van der Waals surface area contributed by atoms with E-state index in [1.807, 2.05) is 4.72 Å². The quantitative estimate of drug-likeness (QED) is 0.177. The smallest absolute Gasteiger partial charge is 0.497 e. The van der Waals surface area contributed by atoms with Crippen LogP contribution in [0.3, 0.4) is 0 Å². The summed E-state index contributed by atoms with van der Waals surface area (Å²) in [6.07, 6.45) is -1.30. The molecule has 3 aromatic rings. The van der Waals surface area contributed by atoms with E-state index in [1.54, 1.807) is 36.4 Å². The third-order valence-corrected chi connectivity index (χ3v) is 8.97. The van der Waals surface area contributed by atoms with Crippen molar-refractivity contribution in [2.45, 2.75) is 50.1 Å². The Morgan fingerprint density at radius 1 is 1.02 bits per heavy atom. The van der Waals surface area contributed by atoms with E-state index in [9.17, 15) is 31.2 Å². The van der Waals surface area contributed by atoms with Crippen LogP contribution in [0.5, 0.6) is 17.2 Å². The van der Waals surface area contributed by atoms with Crippen molar-refractivity contribution >= 4 is 51.0 Å². The highest BCUT2D eigenvalue weighted by molar-refractivity contribution is 7.89. The SMILES string of the molecule is COc1cc(/C=N/OC(C)(C)C(=O)NS(C)(=O)=O)cc(NC(C(=O)N2CC3(CC3)c3ccc(OC(F)(F)F)cc32)c2ccc(Cl)cc2OC)c1. The first-order valence-electron chi connectivity index (χ1n) is 15.1. The number of ether oxygens (including phenoxy) is 3. The predicted octanol–water partition coefficient (Wildman–Crippen LogP) is 5.69. The Morgan fingerprint density at radius 2 is 1.74 bits per heavy atom. The fraction of sp³-hybridized carbons (Fsp3) is 0.364. The summed E-state index contributed by atoms with van der Waals surface area (Å²) in [7, 11) is -0.994. The average Bonchev–Trinajstić information content (AvgIpc) is 3.73. The molecule has 2 aliphatic rings. The fourth-order valence-corrected chi connectivity index (χ4v) is 6.34. The number of benzene rings is 3. The largest absolute Gasteiger partial charge is 0.573 e. The second kappa shape index (κ2) is 13.5. The van der Waals surface area contributed by atoms with E-state index in [0.717, 1.165) is 24.7 Å². The number of anilines is 2. The van der Waals surface area contributed by atoms with Crippen LogP contribution in [0.15, 0.2) is 59.8 Å². The number of carbonyl (C=O) groups is 2. The number of nitrogens with zero attached hydrogens (tertiary/aromatic N) is 2. The number of sulfonamides is 1. The van der Waals surface area contributed by atoms with Crippen molar-refractivity contribution in [1.29, 1.82) is 0 Å². The molecule has 0 saturated heterocycles. The lowest BCUT2D eigenvalue weighted by Crippen LogP contribution is -2.45. The van der Waals surface area contributed by atoms with Gasteiger partial charge in [0.15, 0.2) is 0 Å². The highest BCUT2D eigenvalue weighted by Crippen LogP contribution is 2.57. The number of oxime groups is 1. The van der Waals surface area contributed by atoms with Crippen molar-refractivity contribution in [2.24, 2.45) is 5.16 Å². The Morgan fingerprint density at radius 3 is 2.36 bits per heavy atom. The Labute approximate surface area is 291 Å². The summed E-state index contributed by atoms with van der Waals surface area (Å²) in [5, 5.41) is 7.44. The number of alkyl halides is 3. The van der Waals surface area contributed by atoms with Gasteiger partial charge in [0.05, 0.1) is 32.4 Å². The molecule has 1 spiro atoms. The average molecular weight is 739 g/mol. The van der Waals surface area contributed by atoms with Crippen LogP contribution in [0.1, 0.15) is 49.4 Å². The van der Waals surface area contributed by atoms with E-state index in [2.05, 4.69) is 15.2 Å². The first kappa shape index (κ1) is 36.6. The van der Waals surface area contributed by atoms with Crippen LogP contribution in [-0.4, -0.2) is 65.4 Å². The van der Waals surface area contributed by atoms with Gasteiger partial charge in [-0.2, -0.15) is 0 Å². The number of carbonyl (C=O) groups excluding carboxylic acids is 2. The maximum absolute atomic E-state index is 14.6. The number of hydrogen-bond acceptors (Lipinski definition) is 10. The molecule has 1 aliphatic heterocycles. The molecule has 1 atom stereocenters. The van der Waals surface area contributed by atoms with Crippen molar-refractivity contribution in [2.75, 3.05) is 37.2 Å². The molecule has 0 radical (unpaired) electrons. The van der Waals surface area contributed by atoms with E-state index in [0.29, 0.717) is 33.3 Å². The van der Waals surface area contributed by atoms with Gasteiger partial charge in [-0.15, -0.1) is 13.2 Å². The van der Waals surface area contributed by atoms with Crippen molar-refractivity contribution < 1.29 is 50.2 Å². The molecule has 50 heavy (non-hydrogen) atoms. The van der Waals surface area contributed by atoms with E-state index in [1.165, 1.54) is 57.4 Å². The molecule has 0 bridgehead atoms. The fourth-order valence-electron chi connectivity index (χ4n) is 5.60. The van der Waals surface area contributed by atoms with Gasteiger partial charge in [-0.3, -0.25) is 9.59 Å². The number of hydrogen-bond donors (Lipinski definition) is 2. The van der Waals surface area contributed by atoms with Gasteiger partial charge in [0.25, 0.3) is 11.8 Å². The standard InChI is InChI=1S/C33H34ClF3N4O8S/c1-31(2,30(43)40-50(5,44)45)49-38-17-19-12-21(15-23(13-19)46-3)39-28(24-8-6-20(34)14-27(24)47-4)29(42)41-18-32(10-11-32)25-9-7-22(16-26(25)41)48-33(35,36)37/h6-9,12-17,28,39H,10-11,18H2,1-5H3,(H,40,43)/b38-17+. The molecular formula is C33H34ClF3N4O8S. The minimum Gasteiger partial charge on any atom is -0.497 e. The van der Waals surface area contributed by atoms with Gasteiger partial charge in [-0.1, -0.05) is 28.9 Å². The molecule has 3 aromatic carbocycles. The van der Waals surface area contributed by atoms with E-state index >= 15 is 0 Å². The lowest BCUT2D eigenvalue weighted by atomic mass is 9.99. The Hall–Kier alpha value is -4.70. The second-order valence-corrected chi connectivity index (χ2v) is 14.6. The van der Waals surface area contributed by atoms with Gasteiger partial charge in [0.2, 0.25) is 15.6 Å². The molecule has 17 heteroatoms. The molecule has 1 fully saturated rings. The van der Waals surface area contributed by atoms with Gasteiger partial charge in [0.1, 0.15) is 23.3 Å². The van der Waals surface area contributed by atoms with Crippen molar-refractivity contribution in [3.05, 3.63) is 76.3 Å². The lowest BCUT2D eigenvalue weighted by Gasteiger charge is -2.28. The van der Waals surface area contributed by atoms with Crippen molar-refractivity contribution in [3.63, 3.8) is 0 Å². The molecule has 12 nitrogen and oxygen atoms in total. The molecule has 1 unspecified atom stereocenters. The molecule has 1 heterocycles. The van der Waals surface area contributed by atoms with Crippen LogP contribution in [-0.2, 0) is 29.9 Å². The van der Waals surface area contributed by atoms with Gasteiger partial charge >= 0.3 is 6.36 Å². The third kappa shape index (κ3) is 8.35. The summed E-state index contributed by atoms with van der Waals surface area (Å²) in [4.78, 5) is 33.7. The number of rotatable bonds is 12. The van der Waals surface area contributed by atoms with Gasteiger partial charge in [-0.25, -0.2) is 13.1 Å².